The zero-order chi connectivity index (χ0) is 23.1. The molecule has 4 atom stereocenters. The van der Waals surface area contributed by atoms with Gasteiger partial charge in [0.2, 0.25) is 0 Å². The van der Waals surface area contributed by atoms with Gasteiger partial charge in [-0.3, -0.25) is 0 Å². The number of rotatable bonds is 9. The lowest BCUT2D eigenvalue weighted by molar-refractivity contribution is -0.0529. The van der Waals surface area contributed by atoms with Crippen molar-refractivity contribution in [2.24, 2.45) is 17.0 Å². The van der Waals surface area contributed by atoms with Gasteiger partial charge in [0, 0.05) is 5.92 Å². The molecule has 1 saturated carbocycles. The standard InChI is InChI=1S/C26H36N2O4/c1-18(20-7-5-4-6-8-20)22-17-26(31,13-11-19-9-10-24(29)25(30)15-19)21(12-14-27-2)16-23(22)28-32-3/h4-10,15,18,21-22,27,29-31H,11-14,16-17H2,1-3H3/b28-23+/t18?,21?,22-,26?/m1/s1. The van der Waals surface area contributed by atoms with Gasteiger partial charge >= 0.3 is 0 Å². The maximum absolute atomic E-state index is 12.0. The van der Waals surface area contributed by atoms with E-state index < -0.39 is 5.60 Å². The molecule has 6 heteroatoms. The highest BCUT2D eigenvalue weighted by Gasteiger charge is 2.46. The van der Waals surface area contributed by atoms with Gasteiger partial charge in [0.05, 0.1) is 11.3 Å². The van der Waals surface area contributed by atoms with Gasteiger partial charge in [0.1, 0.15) is 7.11 Å². The van der Waals surface area contributed by atoms with Gasteiger partial charge in [-0.2, -0.15) is 0 Å². The number of phenolic OH excluding ortho intramolecular Hbond substituents is 2. The quantitative estimate of drug-likeness (QED) is 0.346. The lowest BCUT2D eigenvalue weighted by Crippen LogP contribution is -2.49. The van der Waals surface area contributed by atoms with E-state index in [1.165, 1.54) is 11.6 Å². The summed E-state index contributed by atoms with van der Waals surface area (Å²) in [5, 5.41) is 39.0. The Morgan fingerprint density at radius 2 is 1.91 bits per heavy atom. The molecule has 0 bridgehead atoms. The third-order valence-corrected chi connectivity index (χ3v) is 6.98. The molecule has 0 radical (unpaired) electrons. The molecule has 174 valence electrons. The normalized spacial score (nSPS) is 25.6. The van der Waals surface area contributed by atoms with Gasteiger partial charge < -0.3 is 25.5 Å². The number of nitrogens with zero attached hydrogens (tertiary/aromatic N) is 1. The molecule has 6 nitrogen and oxygen atoms in total. The zero-order valence-electron chi connectivity index (χ0n) is 19.3. The summed E-state index contributed by atoms with van der Waals surface area (Å²) in [6.07, 6.45) is 3.31. The highest BCUT2D eigenvalue weighted by Crippen LogP contribution is 2.45. The summed E-state index contributed by atoms with van der Waals surface area (Å²) in [5.74, 6) is 0.0546. The molecular weight excluding hydrogens is 404 g/mol. The monoisotopic (exact) mass is 440 g/mol. The molecule has 0 saturated heterocycles. The van der Waals surface area contributed by atoms with E-state index in [-0.39, 0.29) is 29.3 Å². The van der Waals surface area contributed by atoms with Crippen LogP contribution in [0.2, 0.25) is 0 Å². The number of aromatic hydroxyl groups is 2. The van der Waals surface area contributed by atoms with E-state index >= 15 is 0 Å². The summed E-state index contributed by atoms with van der Waals surface area (Å²) < 4.78 is 0. The Kier molecular flexibility index (Phi) is 8.15. The molecule has 1 aliphatic rings. The van der Waals surface area contributed by atoms with Gasteiger partial charge in [0.25, 0.3) is 0 Å². The molecule has 32 heavy (non-hydrogen) atoms. The van der Waals surface area contributed by atoms with Crippen LogP contribution in [-0.2, 0) is 11.3 Å². The van der Waals surface area contributed by atoms with Crippen LogP contribution >= 0.6 is 0 Å². The maximum Gasteiger partial charge on any atom is 0.157 e. The number of benzene rings is 2. The fourth-order valence-electron chi connectivity index (χ4n) is 5.02. The molecule has 1 fully saturated rings. The average molecular weight is 441 g/mol. The molecule has 0 spiro atoms. The lowest BCUT2D eigenvalue weighted by Gasteiger charge is -2.46. The predicted octanol–water partition coefficient (Wildman–Crippen LogP) is 4.20. The summed E-state index contributed by atoms with van der Waals surface area (Å²) in [7, 11) is 3.50. The summed E-state index contributed by atoms with van der Waals surface area (Å²) in [5.41, 5.74) is 2.26. The smallest absolute Gasteiger partial charge is 0.157 e. The third kappa shape index (κ3) is 5.61. The summed E-state index contributed by atoms with van der Waals surface area (Å²) >= 11 is 0. The van der Waals surface area contributed by atoms with E-state index in [9.17, 15) is 15.3 Å². The van der Waals surface area contributed by atoms with Crippen LogP contribution in [0.15, 0.2) is 53.7 Å². The van der Waals surface area contributed by atoms with E-state index in [2.05, 4.69) is 29.5 Å². The van der Waals surface area contributed by atoms with Crippen molar-refractivity contribution < 1.29 is 20.2 Å². The minimum Gasteiger partial charge on any atom is -0.504 e. The Balaban J connectivity index is 1.87. The third-order valence-electron chi connectivity index (χ3n) is 6.98. The van der Waals surface area contributed by atoms with Gasteiger partial charge in [-0.05, 0) is 80.8 Å². The number of aliphatic hydroxyl groups is 1. The number of hydrogen-bond donors (Lipinski definition) is 4. The van der Waals surface area contributed by atoms with Crippen LogP contribution in [-0.4, -0.2) is 47.3 Å². The van der Waals surface area contributed by atoms with Crippen LogP contribution in [0.25, 0.3) is 0 Å². The molecular formula is C26H36N2O4. The predicted molar refractivity (Wildman–Crippen MR) is 127 cm³/mol. The lowest BCUT2D eigenvalue weighted by atomic mass is 9.63. The molecule has 0 aliphatic heterocycles. The minimum absolute atomic E-state index is 0.0498. The SMILES string of the molecule is CNCCC1C/C(=N\OC)[C@@H](C(C)c2ccccc2)CC1(O)CCc1ccc(O)c(O)c1. The number of nitrogens with one attached hydrogen (secondary N) is 1. The number of aryl methyl sites for hydroxylation is 1. The van der Waals surface area contributed by atoms with Crippen molar-refractivity contribution in [1.82, 2.24) is 5.32 Å². The van der Waals surface area contributed by atoms with Crippen molar-refractivity contribution in [2.75, 3.05) is 20.7 Å². The fourth-order valence-corrected chi connectivity index (χ4v) is 5.02. The second kappa shape index (κ2) is 10.8. The van der Waals surface area contributed by atoms with Crippen molar-refractivity contribution in [3.05, 3.63) is 59.7 Å². The molecule has 1 aliphatic carbocycles. The Bertz CT molecular complexity index is 902. The Morgan fingerprint density at radius 3 is 2.56 bits per heavy atom. The molecule has 3 rings (SSSR count). The van der Waals surface area contributed by atoms with Crippen LogP contribution in [0.3, 0.4) is 0 Å². The van der Waals surface area contributed by atoms with Crippen LogP contribution < -0.4 is 5.32 Å². The molecule has 2 aromatic rings. The Morgan fingerprint density at radius 1 is 1.16 bits per heavy atom. The summed E-state index contributed by atoms with van der Waals surface area (Å²) in [6.45, 7) is 3.00. The van der Waals surface area contributed by atoms with Gasteiger partial charge in [-0.1, -0.05) is 48.5 Å². The highest BCUT2D eigenvalue weighted by molar-refractivity contribution is 5.88. The molecule has 4 N–H and O–H groups in total. The Hall–Kier alpha value is -2.57. The minimum atomic E-state index is -0.870. The summed E-state index contributed by atoms with van der Waals surface area (Å²) in [6, 6.07) is 15.2. The van der Waals surface area contributed by atoms with Crippen molar-refractivity contribution in [2.45, 2.75) is 50.5 Å². The summed E-state index contributed by atoms with van der Waals surface area (Å²) in [4.78, 5) is 5.21. The Labute approximate surface area is 190 Å². The first-order valence-electron chi connectivity index (χ1n) is 11.4. The van der Waals surface area contributed by atoms with Gasteiger partial charge in [-0.15, -0.1) is 0 Å². The van der Waals surface area contributed by atoms with Crippen molar-refractivity contribution in [3.63, 3.8) is 0 Å². The first-order chi connectivity index (χ1) is 15.4. The largest absolute Gasteiger partial charge is 0.504 e. The topological polar surface area (TPSA) is 94.3 Å². The highest BCUT2D eigenvalue weighted by atomic mass is 16.6. The maximum atomic E-state index is 12.0. The number of oxime groups is 1. The van der Waals surface area contributed by atoms with E-state index in [1.54, 1.807) is 19.2 Å². The molecule has 2 aromatic carbocycles. The van der Waals surface area contributed by atoms with Crippen molar-refractivity contribution in [1.29, 1.82) is 0 Å². The van der Waals surface area contributed by atoms with Crippen LogP contribution in [0.5, 0.6) is 11.5 Å². The number of phenols is 2. The van der Waals surface area contributed by atoms with Crippen LogP contribution in [0, 0.1) is 11.8 Å². The average Bonchev–Trinajstić information content (AvgIpc) is 2.80. The molecule has 3 unspecified atom stereocenters. The van der Waals surface area contributed by atoms with E-state index in [0.29, 0.717) is 25.7 Å². The van der Waals surface area contributed by atoms with Crippen LogP contribution in [0.4, 0.5) is 0 Å². The van der Waals surface area contributed by atoms with Gasteiger partial charge in [-0.25, -0.2) is 0 Å². The van der Waals surface area contributed by atoms with E-state index in [1.807, 2.05) is 25.2 Å². The molecule has 0 aromatic heterocycles. The van der Waals surface area contributed by atoms with Crippen LogP contribution in [0.1, 0.15) is 49.7 Å². The number of hydrogen-bond acceptors (Lipinski definition) is 6. The van der Waals surface area contributed by atoms with Crippen molar-refractivity contribution >= 4 is 5.71 Å². The second-order valence-corrected chi connectivity index (χ2v) is 9.00. The second-order valence-electron chi connectivity index (χ2n) is 9.00. The first-order valence-corrected chi connectivity index (χ1v) is 11.4. The fraction of sp³-hybridized carbons (Fsp3) is 0.500. The molecule has 0 heterocycles. The van der Waals surface area contributed by atoms with Crippen molar-refractivity contribution in [3.8, 4) is 11.5 Å². The van der Waals surface area contributed by atoms with E-state index in [4.69, 9.17) is 4.84 Å². The van der Waals surface area contributed by atoms with E-state index in [0.717, 1.165) is 24.2 Å². The zero-order valence-corrected chi connectivity index (χ0v) is 19.3. The van der Waals surface area contributed by atoms with Gasteiger partial charge in [0.15, 0.2) is 11.5 Å². The first kappa shape index (κ1) is 24.1. The molecule has 0 amide bonds.